The topological polar surface area (TPSA) is 102 Å². The molecule has 2 unspecified atom stereocenters. The molecule has 0 spiro atoms. The van der Waals surface area contributed by atoms with Crippen LogP contribution in [0.15, 0.2) is 18.2 Å². The van der Waals surface area contributed by atoms with E-state index in [2.05, 4.69) is 5.32 Å². The number of benzene rings is 1. The molecule has 1 aliphatic carbocycles. The highest BCUT2D eigenvalue weighted by molar-refractivity contribution is 5.94. The van der Waals surface area contributed by atoms with Crippen LogP contribution in [0.1, 0.15) is 29.6 Å². The molecule has 0 amide bonds. The highest BCUT2D eigenvalue weighted by Crippen LogP contribution is 2.40. The number of carbonyl (C=O) groups is 1. The van der Waals surface area contributed by atoms with Crippen LogP contribution in [0.2, 0.25) is 0 Å². The highest BCUT2D eigenvalue weighted by Gasteiger charge is 2.41. The van der Waals surface area contributed by atoms with Crippen LogP contribution in [0.4, 0.5) is 11.4 Å². The minimum Gasteiger partial charge on any atom is -0.478 e. The Hall–Kier alpha value is -2.15. The number of nitro groups is 1. The van der Waals surface area contributed by atoms with Crippen molar-refractivity contribution < 1.29 is 19.6 Å². The summed E-state index contributed by atoms with van der Waals surface area (Å²) in [6, 6.07) is 3.77. The molecule has 3 rings (SSSR count). The van der Waals surface area contributed by atoms with Gasteiger partial charge in [0.2, 0.25) is 0 Å². The lowest BCUT2D eigenvalue weighted by Gasteiger charge is -2.21. The molecule has 2 atom stereocenters. The summed E-state index contributed by atoms with van der Waals surface area (Å²) in [7, 11) is 0. The maximum Gasteiger partial charge on any atom is 0.337 e. The van der Waals surface area contributed by atoms with Crippen molar-refractivity contribution in [2.24, 2.45) is 5.92 Å². The summed E-state index contributed by atoms with van der Waals surface area (Å²) in [6.45, 7) is 0.635. The molecular weight excluding hydrogens is 276 g/mol. The van der Waals surface area contributed by atoms with Gasteiger partial charge < -0.3 is 15.2 Å². The zero-order valence-electron chi connectivity index (χ0n) is 11.3. The summed E-state index contributed by atoms with van der Waals surface area (Å²) in [5.74, 6) is -0.578. The molecule has 2 N–H and O–H groups in total. The van der Waals surface area contributed by atoms with Crippen LogP contribution in [-0.4, -0.2) is 34.8 Å². The lowest BCUT2D eigenvalue weighted by Crippen LogP contribution is -2.31. The largest absolute Gasteiger partial charge is 0.478 e. The van der Waals surface area contributed by atoms with E-state index < -0.39 is 10.9 Å². The zero-order chi connectivity index (χ0) is 15.0. The summed E-state index contributed by atoms with van der Waals surface area (Å²) in [5, 5.41) is 23.2. The molecular formula is C14H16N2O5. The van der Waals surface area contributed by atoms with Gasteiger partial charge in [0.25, 0.3) is 5.69 Å². The van der Waals surface area contributed by atoms with E-state index in [0.717, 1.165) is 19.3 Å². The molecule has 1 saturated carbocycles. The average molecular weight is 292 g/mol. The van der Waals surface area contributed by atoms with Crippen molar-refractivity contribution in [2.75, 3.05) is 11.9 Å². The van der Waals surface area contributed by atoms with Crippen LogP contribution < -0.4 is 5.32 Å². The van der Waals surface area contributed by atoms with Crippen LogP contribution in [-0.2, 0) is 4.74 Å². The van der Waals surface area contributed by atoms with Crippen LogP contribution in [0.25, 0.3) is 0 Å². The quantitative estimate of drug-likeness (QED) is 0.637. The van der Waals surface area contributed by atoms with Crippen LogP contribution in [0, 0.1) is 16.0 Å². The van der Waals surface area contributed by atoms with E-state index in [1.165, 1.54) is 18.2 Å². The Labute approximate surface area is 121 Å². The Kier molecular flexibility index (Phi) is 3.50. The van der Waals surface area contributed by atoms with Gasteiger partial charge in [-0.1, -0.05) is 0 Å². The van der Waals surface area contributed by atoms with Crippen molar-refractivity contribution in [3.05, 3.63) is 33.9 Å². The summed E-state index contributed by atoms with van der Waals surface area (Å²) >= 11 is 0. The third kappa shape index (κ3) is 2.82. The SMILES string of the molecule is O=C(O)c1ccc([N+](=O)[O-])cc1NC1CCOC1C1CC1. The number of carboxylic acid groups (broad SMARTS) is 1. The molecule has 1 aliphatic heterocycles. The van der Waals surface area contributed by atoms with E-state index in [9.17, 15) is 20.0 Å². The van der Waals surface area contributed by atoms with Gasteiger partial charge >= 0.3 is 5.97 Å². The second-order valence-electron chi connectivity index (χ2n) is 5.50. The van der Waals surface area contributed by atoms with Crippen molar-refractivity contribution in [3.63, 3.8) is 0 Å². The normalized spacial score (nSPS) is 24.8. The van der Waals surface area contributed by atoms with E-state index in [4.69, 9.17) is 4.74 Å². The van der Waals surface area contributed by atoms with E-state index in [0.29, 0.717) is 12.5 Å². The third-order valence-electron chi connectivity index (χ3n) is 4.01. The molecule has 2 aliphatic rings. The first-order chi connectivity index (χ1) is 10.1. The fraction of sp³-hybridized carbons (Fsp3) is 0.500. The molecule has 1 aromatic carbocycles. The summed E-state index contributed by atoms with van der Waals surface area (Å²) in [5.41, 5.74) is 0.212. The molecule has 0 aromatic heterocycles. The van der Waals surface area contributed by atoms with Crippen LogP contribution in [0.3, 0.4) is 0 Å². The maximum absolute atomic E-state index is 11.3. The molecule has 1 aromatic rings. The molecule has 0 radical (unpaired) electrons. The van der Waals surface area contributed by atoms with Gasteiger partial charge in [0.05, 0.1) is 28.3 Å². The van der Waals surface area contributed by atoms with Crippen molar-refractivity contribution in [3.8, 4) is 0 Å². The number of carboxylic acids is 1. The van der Waals surface area contributed by atoms with Gasteiger partial charge in [-0.25, -0.2) is 4.79 Å². The van der Waals surface area contributed by atoms with Crippen LogP contribution in [0.5, 0.6) is 0 Å². The van der Waals surface area contributed by atoms with Gasteiger partial charge in [-0.3, -0.25) is 10.1 Å². The second kappa shape index (κ2) is 5.33. The average Bonchev–Trinajstić information content (AvgIpc) is 3.19. The number of rotatable bonds is 5. The van der Waals surface area contributed by atoms with Crippen molar-refractivity contribution >= 4 is 17.3 Å². The first-order valence-corrected chi connectivity index (χ1v) is 6.96. The maximum atomic E-state index is 11.3. The van der Waals surface area contributed by atoms with Gasteiger partial charge in [-0.2, -0.15) is 0 Å². The number of nitro benzene ring substituents is 1. The van der Waals surface area contributed by atoms with Gasteiger partial charge in [-0.15, -0.1) is 0 Å². The van der Waals surface area contributed by atoms with Crippen LogP contribution >= 0.6 is 0 Å². The fourth-order valence-electron chi connectivity index (χ4n) is 2.81. The Morgan fingerprint density at radius 3 is 2.76 bits per heavy atom. The fourth-order valence-corrected chi connectivity index (χ4v) is 2.81. The molecule has 2 fully saturated rings. The predicted molar refractivity (Wildman–Crippen MR) is 74.5 cm³/mol. The number of hydrogen-bond acceptors (Lipinski definition) is 5. The molecule has 0 bridgehead atoms. The standard InChI is InChI=1S/C14H16N2O5/c17-14(18)10-4-3-9(16(19)20)7-12(10)15-11-5-6-21-13(11)8-1-2-8/h3-4,7-8,11,13,15H,1-2,5-6H2,(H,17,18). The lowest BCUT2D eigenvalue weighted by molar-refractivity contribution is -0.384. The van der Waals surface area contributed by atoms with Crippen molar-refractivity contribution in [1.29, 1.82) is 0 Å². The molecule has 1 heterocycles. The van der Waals surface area contributed by atoms with E-state index in [1.54, 1.807) is 0 Å². The number of nitrogens with one attached hydrogen (secondary N) is 1. The minimum atomic E-state index is -1.10. The molecule has 112 valence electrons. The number of aromatic carboxylic acids is 1. The summed E-state index contributed by atoms with van der Waals surface area (Å²) in [6.07, 6.45) is 3.11. The first kappa shape index (κ1) is 13.8. The Morgan fingerprint density at radius 1 is 1.38 bits per heavy atom. The Balaban J connectivity index is 1.86. The molecule has 21 heavy (non-hydrogen) atoms. The monoisotopic (exact) mass is 292 g/mol. The number of hydrogen-bond donors (Lipinski definition) is 2. The minimum absolute atomic E-state index is 0.0117. The Morgan fingerprint density at radius 2 is 2.14 bits per heavy atom. The number of anilines is 1. The molecule has 7 nitrogen and oxygen atoms in total. The van der Waals surface area contributed by atoms with Gasteiger partial charge in [0, 0.05) is 18.7 Å². The van der Waals surface area contributed by atoms with Gasteiger partial charge in [0.15, 0.2) is 0 Å². The molecule has 1 saturated heterocycles. The Bertz CT molecular complexity index is 585. The van der Waals surface area contributed by atoms with Crippen molar-refractivity contribution in [2.45, 2.75) is 31.4 Å². The second-order valence-corrected chi connectivity index (χ2v) is 5.50. The van der Waals surface area contributed by atoms with E-state index >= 15 is 0 Å². The zero-order valence-corrected chi connectivity index (χ0v) is 11.3. The highest BCUT2D eigenvalue weighted by atomic mass is 16.6. The predicted octanol–water partition coefficient (Wildman–Crippen LogP) is 2.27. The van der Waals surface area contributed by atoms with Gasteiger partial charge in [-0.05, 0) is 31.2 Å². The van der Waals surface area contributed by atoms with E-state index in [-0.39, 0.29) is 29.1 Å². The smallest absolute Gasteiger partial charge is 0.337 e. The summed E-state index contributed by atoms with van der Waals surface area (Å²) in [4.78, 5) is 21.6. The lowest BCUT2D eigenvalue weighted by atomic mass is 10.0. The number of nitrogens with zero attached hydrogens (tertiary/aromatic N) is 1. The number of ether oxygens (including phenoxy) is 1. The number of non-ortho nitro benzene ring substituents is 1. The first-order valence-electron chi connectivity index (χ1n) is 6.96. The van der Waals surface area contributed by atoms with Gasteiger partial charge in [0.1, 0.15) is 0 Å². The third-order valence-corrected chi connectivity index (χ3v) is 4.01. The molecule has 7 heteroatoms. The summed E-state index contributed by atoms with van der Waals surface area (Å²) < 4.78 is 5.70. The van der Waals surface area contributed by atoms with Crippen molar-refractivity contribution in [1.82, 2.24) is 0 Å². The van der Waals surface area contributed by atoms with E-state index in [1.807, 2.05) is 0 Å².